The Hall–Kier alpha value is -1.86. The molecule has 4 nitrogen and oxygen atoms in total. The van der Waals surface area contributed by atoms with Crippen LogP contribution in [0.3, 0.4) is 0 Å². The second kappa shape index (κ2) is 6.33. The van der Waals surface area contributed by atoms with Gasteiger partial charge in [0, 0.05) is 19.6 Å². The van der Waals surface area contributed by atoms with Crippen LogP contribution in [-0.2, 0) is 4.79 Å². The van der Waals surface area contributed by atoms with E-state index in [0.717, 1.165) is 12.8 Å². The first kappa shape index (κ1) is 16.0. The van der Waals surface area contributed by atoms with Crippen molar-refractivity contribution in [2.75, 3.05) is 24.5 Å². The summed E-state index contributed by atoms with van der Waals surface area (Å²) >= 11 is 0. The van der Waals surface area contributed by atoms with Gasteiger partial charge < -0.3 is 10.2 Å². The maximum atomic E-state index is 13.8. The van der Waals surface area contributed by atoms with Crippen LogP contribution < -0.4 is 10.2 Å². The molecule has 1 aromatic heterocycles. The summed E-state index contributed by atoms with van der Waals surface area (Å²) in [6.07, 6.45) is 3.28. The SMILES string of the molecule is O=C(NCC1CC1)C1CCCN(c2c(F)c(F)nc(F)c2F)C1. The standard InChI is InChI=1S/C15H17F4N3O/c16-10-12(11(17)14(19)21-13(10)18)22-5-1-2-9(7-22)15(23)20-6-8-3-4-8/h8-9H,1-7H2,(H,20,23). The molecule has 8 heteroatoms. The number of aromatic nitrogens is 1. The lowest BCUT2D eigenvalue weighted by Crippen LogP contribution is -2.44. The summed E-state index contributed by atoms with van der Waals surface area (Å²) in [5.74, 6) is -6.53. The van der Waals surface area contributed by atoms with Crippen molar-refractivity contribution in [3.63, 3.8) is 0 Å². The first-order valence-electron chi connectivity index (χ1n) is 7.70. The molecule has 1 aliphatic heterocycles. The Balaban J connectivity index is 1.74. The van der Waals surface area contributed by atoms with Gasteiger partial charge in [0.2, 0.25) is 17.5 Å². The van der Waals surface area contributed by atoms with Crippen LogP contribution in [0.15, 0.2) is 0 Å². The van der Waals surface area contributed by atoms with Crippen LogP contribution in [0.4, 0.5) is 23.2 Å². The quantitative estimate of drug-likeness (QED) is 0.681. The van der Waals surface area contributed by atoms with Crippen LogP contribution in [0.2, 0.25) is 0 Å². The van der Waals surface area contributed by atoms with E-state index in [1.807, 2.05) is 0 Å². The van der Waals surface area contributed by atoms with Crippen molar-refractivity contribution in [1.82, 2.24) is 10.3 Å². The molecule has 126 valence electrons. The maximum Gasteiger partial charge on any atom is 0.253 e. The van der Waals surface area contributed by atoms with Gasteiger partial charge in [0.15, 0.2) is 0 Å². The van der Waals surface area contributed by atoms with E-state index in [9.17, 15) is 22.4 Å². The lowest BCUT2D eigenvalue weighted by Gasteiger charge is -2.34. The van der Waals surface area contributed by atoms with Crippen molar-refractivity contribution >= 4 is 11.6 Å². The summed E-state index contributed by atoms with van der Waals surface area (Å²) in [6.45, 7) is 0.854. The van der Waals surface area contributed by atoms with Crippen molar-refractivity contribution in [2.24, 2.45) is 11.8 Å². The van der Waals surface area contributed by atoms with E-state index in [1.165, 1.54) is 4.90 Å². The number of pyridine rings is 1. The van der Waals surface area contributed by atoms with Gasteiger partial charge in [-0.2, -0.15) is 22.5 Å². The zero-order valence-corrected chi connectivity index (χ0v) is 12.4. The molecule has 23 heavy (non-hydrogen) atoms. The first-order valence-corrected chi connectivity index (χ1v) is 7.70. The van der Waals surface area contributed by atoms with E-state index < -0.39 is 35.1 Å². The summed E-state index contributed by atoms with van der Waals surface area (Å²) in [7, 11) is 0. The van der Waals surface area contributed by atoms with Gasteiger partial charge in [-0.1, -0.05) is 0 Å². The molecular formula is C15H17F4N3O. The molecule has 1 N–H and O–H groups in total. The van der Waals surface area contributed by atoms with Gasteiger partial charge in [-0.15, -0.1) is 0 Å². The van der Waals surface area contributed by atoms with Crippen molar-refractivity contribution in [1.29, 1.82) is 0 Å². The first-order chi connectivity index (χ1) is 11.0. The average molecular weight is 331 g/mol. The smallest absolute Gasteiger partial charge is 0.253 e. The Morgan fingerprint density at radius 2 is 1.78 bits per heavy atom. The van der Waals surface area contributed by atoms with Crippen LogP contribution in [-0.4, -0.2) is 30.5 Å². The minimum absolute atomic E-state index is 0.0211. The van der Waals surface area contributed by atoms with Crippen LogP contribution in [0.25, 0.3) is 0 Å². The summed E-state index contributed by atoms with van der Waals surface area (Å²) in [6, 6.07) is 0. The molecule has 0 aromatic carbocycles. The third-order valence-corrected chi connectivity index (χ3v) is 4.34. The molecule has 1 aliphatic carbocycles. The summed E-state index contributed by atoms with van der Waals surface area (Å²) < 4.78 is 54.2. The number of piperidine rings is 1. The van der Waals surface area contributed by atoms with E-state index in [-0.39, 0.29) is 19.0 Å². The van der Waals surface area contributed by atoms with Crippen molar-refractivity contribution in [2.45, 2.75) is 25.7 Å². The molecule has 3 rings (SSSR count). The number of carbonyl (C=O) groups excluding carboxylic acids is 1. The number of hydrogen-bond acceptors (Lipinski definition) is 3. The topological polar surface area (TPSA) is 45.2 Å². The number of anilines is 1. The highest BCUT2D eigenvalue weighted by atomic mass is 19.2. The number of carbonyl (C=O) groups is 1. The lowest BCUT2D eigenvalue weighted by molar-refractivity contribution is -0.125. The van der Waals surface area contributed by atoms with E-state index in [4.69, 9.17) is 0 Å². The highest BCUT2D eigenvalue weighted by molar-refractivity contribution is 5.79. The monoisotopic (exact) mass is 331 g/mol. The number of nitrogens with zero attached hydrogens (tertiary/aromatic N) is 2. The Morgan fingerprint density at radius 3 is 2.39 bits per heavy atom. The van der Waals surface area contributed by atoms with Gasteiger partial charge in [-0.3, -0.25) is 4.79 Å². The molecule has 1 saturated heterocycles. The van der Waals surface area contributed by atoms with Gasteiger partial charge in [-0.05, 0) is 31.6 Å². The fraction of sp³-hybridized carbons (Fsp3) is 0.600. The third kappa shape index (κ3) is 3.40. The summed E-state index contributed by atoms with van der Waals surface area (Å²) in [5, 5.41) is 2.82. The molecule has 2 aliphatic rings. The summed E-state index contributed by atoms with van der Waals surface area (Å²) in [5.41, 5.74) is -0.783. The molecular weight excluding hydrogens is 314 g/mol. The Morgan fingerprint density at radius 1 is 1.13 bits per heavy atom. The number of hydrogen-bond donors (Lipinski definition) is 1. The second-order valence-electron chi connectivity index (χ2n) is 6.14. The van der Waals surface area contributed by atoms with E-state index in [1.54, 1.807) is 0 Å². The predicted octanol–water partition coefficient (Wildman–Crippen LogP) is 2.38. The third-order valence-electron chi connectivity index (χ3n) is 4.34. The van der Waals surface area contributed by atoms with Crippen LogP contribution >= 0.6 is 0 Å². The zero-order chi connectivity index (χ0) is 16.6. The Bertz CT molecular complexity index is 595. The van der Waals surface area contributed by atoms with Gasteiger partial charge >= 0.3 is 0 Å². The van der Waals surface area contributed by atoms with Crippen molar-refractivity contribution in [3.8, 4) is 0 Å². The van der Waals surface area contributed by atoms with Crippen LogP contribution in [0.1, 0.15) is 25.7 Å². The predicted molar refractivity (Wildman–Crippen MR) is 74.7 cm³/mol. The fourth-order valence-corrected chi connectivity index (χ4v) is 2.86. The maximum absolute atomic E-state index is 13.8. The highest BCUT2D eigenvalue weighted by Gasteiger charge is 2.32. The number of halogens is 4. The van der Waals surface area contributed by atoms with Crippen LogP contribution in [0, 0.1) is 35.4 Å². The number of amides is 1. The molecule has 1 atom stereocenters. The Kier molecular flexibility index (Phi) is 4.41. The van der Waals surface area contributed by atoms with Gasteiger partial charge in [0.25, 0.3) is 11.9 Å². The van der Waals surface area contributed by atoms with Crippen LogP contribution in [0.5, 0.6) is 0 Å². The zero-order valence-electron chi connectivity index (χ0n) is 12.4. The average Bonchev–Trinajstić information content (AvgIpc) is 3.35. The lowest BCUT2D eigenvalue weighted by atomic mass is 9.96. The molecule has 0 radical (unpaired) electrons. The van der Waals surface area contributed by atoms with Crippen molar-refractivity contribution in [3.05, 3.63) is 23.5 Å². The molecule has 0 bridgehead atoms. The van der Waals surface area contributed by atoms with Gasteiger partial charge in [0.1, 0.15) is 5.69 Å². The van der Waals surface area contributed by atoms with Crippen molar-refractivity contribution < 1.29 is 22.4 Å². The molecule has 2 fully saturated rings. The molecule has 1 unspecified atom stereocenters. The molecule has 1 amide bonds. The second-order valence-corrected chi connectivity index (χ2v) is 6.14. The molecule has 0 spiro atoms. The normalized spacial score (nSPS) is 21.4. The minimum Gasteiger partial charge on any atom is -0.366 e. The fourth-order valence-electron chi connectivity index (χ4n) is 2.86. The largest absolute Gasteiger partial charge is 0.366 e. The van der Waals surface area contributed by atoms with E-state index in [0.29, 0.717) is 25.3 Å². The van der Waals surface area contributed by atoms with E-state index >= 15 is 0 Å². The molecule has 1 aromatic rings. The highest BCUT2D eigenvalue weighted by Crippen LogP contribution is 2.31. The molecule has 1 saturated carbocycles. The van der Waals surface area contributed by atoms with Gasteiger partial charge in [0.05, 0.1) is 5.92 Å². The summed E-state index contributed by atoms with van der Waals surface area (Å²) in [4.78, 5) is 15.9. The number of rotatable bonds is 4. The Labute approximate surface area is 130 Å². The minimum atomic E-state index is -1.68. The van der Waals surface area contributed by atoms with Gasteiger partial charge in [-0.25, -0.2) is 0 Å². The number of nitrogens with one attached hydrogen (secondary N) is 1. The molecule has 2 heterocycles. The van der Waals surface area contributed by atoms with E-state index in [2.05, 4.69) is 10.3 Å².